The Morgan fingerprint density at radius 1 is 1.19 bits per heavy atom. The molecule has 5 nitrogen and oxygen atoms in total. The first kappa shape index (κ1) is 18.5. The number of aryl methyl sites for hydroxylation is 1. The predicted molar refractivity (Wildman–Crippen MR) is 106 cm³/mol. The zero-order chi connectivity index (χ0) is 19.2. The van der Waals surface area contributed by atoms with Crippen LogP contribution in [0.4, 0.5) is 0 Å². The highest BCUT2D eigenvalue weighted by atomic mass is 16.5. The Balaban J connectivity index is 1.89. The summed E-state index contributed by atoms with van der Waals surface area (Å²) in [5.41, 5.74) is 4.29. The second-order valence-electron chi connectivity index (χ2n) is 6.48. The van der Waals surface area contributed by atoms with Crippen LogP contribution in [-0.2, 0) is 11.2 Å². The van der Waals surface area contributed by atoms with Gasteiger partial charge in [-0.1, -0.05) is 18.2 Å². The van der Waals surface area contributed by atoms with Crippen LogP contribution in [0.15, 0.2) is 48.5 Å². The monoisotopic (exact) mass is 361 g/mol. The van der Waals surface area contributed by atoms with Gasteiger partial charge in [-0.15, -0.1) is 0 Å². The highest BCUT2D eigenvalue weighted by Crippen LogP contribution is 2.32. The molecule has 0 saturated carbocycles. The van der Waals surface area contributed by atoms with Gasteiger partial charge in [-0.25, -0.2) is 0 Å². The van der Waals surface area contributed by atoms with E-state index in [-0.39, 0.29) is 5.91 Å². The van der Waals surface area contributed by atoms with Crippen molar-refractivity contribution in [2.45, 2.75) is 19.3 Å². The molecule has 3 rings (SSSR count). The largest absolute Gasteiger partial charge is 0.497 e. The molecular formula is C22H23N3O2. The molecule has 0 radical (unpaired) electrons. The summed E-state index contributed by atoms with van der Waals surface area (Å²) < 4.78 is 5.25. The number of hydrogen-bond donors (Lipinski definition) is 1. The number of benzene rings is 2. The number of nitriles is 1. The van der Waals surface area contributed by atoms with E-state index in [0.29, 0.717) is 25.8 Å². The first-order valence-electron chi connectivity index (χ1n) is 8.99. The molecule has 0 fully saturated rings. The number of aromatic nitrogens is 1. The molecule has 0 unspecified atom stereocenters. The molecule has 1 N–H and O–H groups in total. The molecule has 0 aliphatic carbocycles. The Labute approximate surface area is 159 Å². The summed E-state index contributed by atoms with van der Waals surface area (Å²) in [5.74, 6) is 0.863. The fraction of sp³-hybridized carbons (Fsp3) is 0.273. The van der Waals surface area contributed by atoms with Crippen LogP contribution in [0.25, 0.3) is 22.2 Å². The van der Waals surface area contributed by atoms with Crippen molar-refractivity contribution < 1.29 is 9.53 Å². The number of hydrogen-bond acceptors (Lipinski definition) is 3. The van der Waals surface area contributed by atoms with E-state index in [1.165, 1.54) is 0 Å². The molecule has 2 aromatic carbocycles. The van der Waals surface area contributed by atoms with Crippen LogP contribution >= 0.6 is 0 Å². The molecule has 0 saturated heterocycles. The Bertz CT molecular complexity index is 967. The number of ether oxygens (including phenoxy) is 1. The first-order chi connectivity index (χ1) is 13.1. The van der Waals surface area contributed by atoms with Crippen LogP contribution < -0.4 is 4.74 Å². The molecule has 27 heavy (non-hydrogen) atoms. The number of nitrogens with one attached hydrogen (secondary N) is 1. The number of rotatable bonds is 7. The number of fused-ring (bicyclic) bond motifs is 1. The highest BCUT2D eigenvalue weighted by Gasteiger charge is 2.16. The van der Waals surface area contributed by atoms with E-state index < -0.39 is 0 Å². The highest BCUT2D eigenvalue weighted by molar-refractivity contribution is 5.91. The summed E-state index contributed by atoms with van der Waals surface area (Å²) in [6.45, 7) is 0.467. The van der Waals surface area contributed by atoms with Crippen molar-refractivity contribution in [2.24, 2.45) is 0 Å². The van der Waals surface area contributed by atoms with E-state index in [1.54, 1.807) is 19.1 Å². The van der Waals surface area contributed by atoms with Gasteiger partial charge in [0.1, 0.15) is 5.75 Å². The van der Waals surface area contributed by atoms with Crippen LogP contribution in [0.3, 0.4) is 0 Å². The maximum absolute atomic E-state index is 12.4. The van der Waals surface area contributed by atoms with E-state index in [9.17, 15) is 4.79 Å². The molecule has 0 aliphatic heterocycles. The topological polar surface area (TPSA) is 69.1 Å². The fourth-order valence-electron chi connectivity index (χ4n) is 3.23. The minimum absolute atomic E-state index is 0.0520. The van der Waals surface area contributed by atoms with Crippen molar-refractivity contribution in [1.82, 2.24) is 9.88 Å². The Hall–Kier alpha value is -3.26. The van der Waals surface area contributed by atoms with Crippen LogP contribution in [0.1, 0.15) is 18.4 Å². The summed E-state index contributed by atoms with van der Waals surface area (Å²) in [5, 5.41) is 9.83. The number of amides is 1. The number of aromatic amines is 1. The third-order valence-electron chi connectivity index (χ3n) is 4.77. The molecule has 1 heterocycles. The number of para-hydroxylation sites is 1. The summed E-state index contributed by atoms with van der Waals surface area (Å²) in [6.07, 6.45) is 1.40. The lowest BCUT2D eigenvalue weighted by Gasteiger charge is -2.15. The second kappa shape index (κ2) is 8.41. The van der Waals surface area contributed by atoms with Crippen molar-refractivity contribution in [3.05, 3.63) is 54.1 Å². The normalized spacial score (nSPS) is 10.6. The fourth-order valence-corrected chi connectivity index (χ4v) is 3.23. The van der Waals surface area contributed by atoms with Gasteiger partial charge in [0.2, 0.25) is 5.91 Å². The van der Waals surface area contributed by atoms with Gasteiger partial charge in [-0.05, 0) is 47.9 Å². The van der Waals surface area contributed by atoms with Crippen LogP contribution in [0.2, 0.25) is 0 Å². The summed E-state index contributed by atoms with van der Waals surface area (Å²) >= 11 is 0. The van der Waals surface area contributed by atoms with Gasteiger partial charge in [0, 0.05) is 36.6 Å². The third kappa shape index (κ3) is 4.12. The van der Waals surface area contributed by atoms with Gasteiger partial charge < -0.3 is 14.6 Å². The molecule has 5 heteroatoms. The zero-order valence-corrected chi connectivity index (χ0v) is 15.7. The number of H-pyrrole nitrogens is 1. The SMILES string of the molecule is COc1ccc(-c2[nH]c3ccccc3c2CCC(=O)N(C)CCC#N)cc1. The van der Waals surface area contributed by atoms with Crippen LogP contribution in [-0.4, -0.2) is 36.5 Å². The van der Waals surface area contributed by atoms with Crippen molar-refractivity contribution in [2.75, 3.05) is 20.7 Å². The van der Waals surface area contributed by atoms with Crippen molar-refractivity contribution in [1.29, 1.82) is 5.26 Å². The smallest absolute Gasteiger partial charge is 0.222 e. The van der Waals surface area contributed by atoms with Crippen LogP contribution in [0, 0.1) is 11.3 Å². The molecule has 0 bridgehead atoms. The quantitative estimate of drug-likeness (QED) is 0.687. The summed E-state index contributed by atoms with van der Waals surface area (Å²) in [4.78, 5) is 17.5. The standard InChI is InChI=1S/C22H23N3O2/c1-25(15-5-14-23)21(26)13-12-19-18-6-3-4-7-20(18)24-22(19)16-8-10-17(27-2)11-9-16/h3-4,6-11,24H,5,12-13,15H2,1-2H3. The van der Waals surface area contributed by atoms with Gasteiger partial charge in [0.25, 0.3) is 0 Å². The van der Waals surface area contributed by atoms with E-state index >= 15 is 0 Å². The summed E-state index contributed by atoms with van der Waals surface area (Å²) in [6, 6.07) is 18.1. The minimum Gasteiger partial charge on any atom is -0.497 e. The number of nitrogens with zero attached hydrogens (tertiary/aromatic N) is 2. The molecule has 3 aromatic rings. The summed E-state index contributed by atoms with van der Waals surface area (Å²) in [7, 11) is 3.40. The van der Waals surface area contributed by atoms with Gasteiger partial charge in [-0.2, -0.15) is 5.26 Å². The lowest BCUT2D eigenvalue weighted by molar-refractivity contribution is -0.129. The van der Waals surface area contributed by atoms with Crippen molar-refractivity contribution in [3.8, 4) is 23.1 Å². The number of carbonyl (C=O) groups excluding carboxylic acids is 1. The average molecular weight is 361 g/mol. The molecular weight excluding hydrogens is 338 g/mol. The molecule has 138 valence electrons. The zero-order valence-electron chi connectivity index (χ0n) is 15.7. The lowest BCUT2D eigenvalue weighted by atomic mass is 10.0. The van der Waals surface area contributed by atoms with E-state index in [2.05, 4.69) is 17.1 Å². The number of methoxy groups -OCH3 is 1. The van der Waals surface area contributed by atoms with Crippen molar-refractivity contribution >= 4 is 16.8 Å². The van der Waals surface area contributed by atoms with Crippen molar-refractivity contribution in [3.63, 3.8) is 0 Å². The Morgan fingerprint density at radius 3 is 2.63 bits per heavy atom. The van der Waals surface area contributed by atoms with Gasteiger partial charge in [0.15, 0.2) is 0 Å². The van der Waals surface area contributed by atoms with E-state index in [4.69, 9.17) is 10.00 Å². The lowest BCUT2D eigenvalue weighted by Crippen LogP contribution is -2.27. The second-order valence-corrected chi connectivity index (χ2v) is 6.48. The maximum atomic E-state index is 12.4. The molecule has 0 spiro atoms. The van der Waals surface area contributed by atoms with E-state index in [1.807, 2.05) is 42.5 Å². The van der Waals surface area contributed by atoms with E-state index in [0.717, 1.165) is 33.5 Å². The molecule has 1 aromatic heterocycles. The number of carbonyl (C=O) groups is 1. The average Bonchev–Trinajstić information content (AvgIpc) is 3.08. The van der Waals surface area contributed by atoms with Gasteiger partial charge in [-0.3, -0.25) is 4.79 Å². The van der Waals surface area contributed by atoms with Gasteiger partial charge >= 0.3 is 0 Å². The first-order valence-corrected chi connectivity index (χ1v) is 8.99. The Kier molecular flexibility index (Phi) is 5.77. The molecule has 0 atom stereocenters. The maximum Gasteiger partial charge on any atom is 0.222 e. The van der Waals surface area contributed by atoms with Crippen LogP contribution in [0.5, 0.6) is 5.75 Å². The minimum atomic E-state index is 0.0520. The predicted octanol–water partition coefficient (Wildman–Crippen LogP) is 4.15. The van der Waals surface area contributed by atoms with Gasteiger partial charge in [0.05, 0.1) is 19.6 Å². The molecule has 1 amide bonds. The third-order valence-corrected chi connectivity index (χ3v) is 4.77. The Morgan fingerprint density at radius 2 is 1.93 bits per heavy atom. The molecule has 0 aliphatic rings.